The van der Waals surface area contributed by atoms with E-state index in [1.807, 2.05) is 6.07 Å². The van der Waals surface area contributed by atoms with Crippen LogP contribution in [0.15, 0.2) is 21.1 Å². The van der Waals surface area contributed by atoms with E-state index in [-0.39, 0.29) is 0 Å². The van der Waals surface area contributed by atoms with Gasteiger partial charge in [-0.1, -0.05) is 15.9 Å². The standard InChI is InChI=1S/C8H6Br2N2/c9-7-1-5(3-11)8(10)6(2-7)4-12/h1-2H,3,11H2. The van der Waals surface area contributed by atoms with Crippen molar-refractivity contribution in [2.45, 2.75) is 6.54 Å². The van der Waals surface area contributed by atoms with Crippen molar-refractivity contribution in [3.63, 3.8) is 0 Å². The van der Waals surface area contributed by atoms with Crippen LogP contribution < -0.4 is 5.73 Å². The molecular formula is C8H6Br2N2. The molecule has 0 heterocycles. The van der Waals surface area contributed by atoms with Crippen LogP contribution >= 0.6 is 31.9 Å². The van der Waals surface area contributed by atoms with Crippen molar-refractivity contribution in [2.75, 3.05) is 0 Å². The summed E-state index contributed by atoms with van der Waals surface area (Å²) in [7, 11) is 0. The highest BCUT2D eigenvalue weighted by Gasteiger charge is 2.05. The van der Waals surface area contributed by atoms with E-state index < -0.39 is 0 Å². The molecule has 1 aromatic rings. The van der Waals surface area contributed by atoms with Crippen LogP contribution in [0.2, 0.25) is 0 Å². The molecule has 0 atom stereocenters. The van der Waals surface area contributed by atoms with Gasteiger partial charge in [0.15, 0.2) is 0 Å². The summed E-state index contributed by atoms with van der Waals surface area (Å²) in [5, 5.41) is 8.72. The second-order valence-corrected chi connectivity index (χ2v) is 3.95. The minimum absolute atomic E-state index is 0.425. The van der Waals surface area contributed by atoms with E-state index in [9.17, 15) is 0 Å². The second-order valence-electron chi connectivity index (χ2n) is 2.24. The van der Waals surface area contributed by atoms with Crippen molar-refractivity contribution >= 4 is 31.9 Å². The predicted octanol–water partition coefficient (Wildman–Crippen LogP) is 2.54. The Morgan fingerprint density at radius 2 is 2.08 bits per heavy atom. The predicted molar refractivity (Wildman–Crippen MR) is 54.4 cm³/mol. The Bertz CT molecular complexity index is 342. The van der Waals surface area contributed by atoms with Gasteiger partial charge in [-0.05, 0) is 33.6 Å². The summed E-state index contributed by atoms with van der Waals surface area (Å²) in [6.07, 6.45) is 0. The minimum Gasteiger partial charge on any atom is -0.326 e. The molecule has 1 aromatic carbocycles. The number of nitriles is 1. The lowest BCUT2D eigenvalue weighted by molar-refractivity contribution is 1.06. The maximum atomic E-state index is 8.72. The molecule has 2 N–H and O–H groups in total. The molecule has 0 aliphatic carbocycles. The molecule has 0 saturated carbocycles. The number of hydrogen-bond donors (Lipinski definition) is 1. The van der Waals surface area contributed by atoms with Crippen LogP contribution in [0, 0.1) is 11.3 Å². The normalized spacial score (nSPS) is 9.50. The van der Waals surface area contributed by atoms with Crippen molar-refractivity contribution < 1.29 is 0 Å². The molecule has 62 valence electrons. The summed E-state index contributed by atoms with van der Waals surface area (Å²) < 4.78 is 1.67. The van der Waals surface area contributed by atoms with Crippen molar-refractivity contribution in [1.29, 1.82) is 5.26 Å². The van der Waals surface area contributed by atoms with Crippen LogP contribution in [-0.2, 0) is 6.54 Å². The molecule has 0 unspecified atom stereocenters. The van der Waals surface area contributed by atoms with Gasteiger partial charge in [0.25, 0.3) is 0 Å². The highest BCUT2D eigenvalue weighted by Crippen LogP contribution is 2.25. The maximum Gasteiger partial charge on any atom is 0.100 e. The Kier molecular flexibility index (Phi) is 3.27. The molecule has 0 fully saturated rings. The van der Waals surface area contributed by atoms with E-state index in [4.69, 9.17) is 11.0 Å². The molecule has 0 spiro atoms. The molecule has 0 saturated heterocycles. The number of benzene rings is 1. The first-order valence-corrected chi connectivity index (χ1v) is 4.85. The summed E-state index contributed by atoms with van der Waals surface area (Å²) >= 11 is 6.61. The van der Waals surface area contributed by atoms with Gasteiger partial charge < -0.3 is 5.73 Å². The van der Waals surface area contributed by atoms with E-state index in [2.05, 4.69) is 37.9 Å². The average molecular weight is 290 g/mol. The molecule has 12 heavy (non-hydrogen) atoms. The smallest absolute Gasteiger partial charge is 0.100 e. The van der Waals surface area contributed by atoms with Gasteiger partial charge in [-0.3, -0.25) is 0 Å². The number of nitrogens with zero attached hydrogens (tertiary/aromatic N) is 1. The third-order valence-corrected chi connectivity index (χ3v) is 2.85. The van der Waals surface area contributed by atoms with Crippen molar-refractivity contribution in [2.24, 2.45) is 5.73 Å². The number of hydrogen-bond acceptors (Lipinski definition) is 2. The summed E-state index contributed by atoms with van der Waals surface area (Å²) in [5.74, 6) is 0. The SMILES string of the molecule is N#Cc1cc(Br)cc(CN)c1Br. The fraction of sp³-hybridized carbons (Fsp3) is 0.125. The summed E-state index contributed by atoms with van der Waals surface area (Å²) in [4.78, 5) is 0. The second kappa shape index (κ2) is 4.04. The first-order valence-electron chi connectivity index (χ1n) is 3.27. The van der Waals surface area contributed by atoms with Gasteiger partial charge in [0, 0.05) is 15.5 Å². The third-order valence-electron chi connectivity index (χ3n) is 1.45. The van der Waals surface area contributed by atoms with Crippen LogP contribution in [0.3, 0.4) is 0 Å². The van der Waals surface area contributed by atoms with Crippen LogP contribution in [0.4, 0.5) is 0 Å². The van der Waals surface area contributed by atoms with E-state index in [1.54, 1.807) is 6.07 Å². The van der Waals surface area contributed by atoms with Gasteiger partial charge in [0.2, 0.25) is 0 Å². The number of nitrogens with two attached hydrogens (primary N) is 1. The van der Waals surface area contributed by atoms with Crippen LogP contribution in [0.5, 0.6) is 0 Å². The van der Waals surface area contributed by atoms with Crippen molar-refractivity contribution in [3.8, 4) is 6.07 Å². The lowest BCUT2D eigenvalue weighted by Crippen LogP contribution is -1.98. The molecule has 4 heteroatoms. The zero-order valence-corrected chi connectivity index (χ0v) is 9.31. The number of halogens is 2. The van der Waals surface area contributed by atoms with Crippen LogP contribution in [-0.4, -0.2) is 0 Å². The fourth-order valence-corrected chi connectivity index (χ4v) is 1.86. The molecule has 0 aliphatic heterocycles. The van der Waals surface area contributed by atoms with Crippen molar-refractivity contribution in [3.05, 3.63) is 32.2 Å². The van der Waals surface area contributed by atoms with E-state index in [0.717, 1.165) is 14.5 Å². The fourth-order valence-electron chi connectivity index (χ4n) is 0.876. The van der Waals surface area contributed by atoms with E-state index >= 15 is 0 Å². The molecule has 0 aliphatic rings. The molecule has 2 nitrogen and oxygen atoms in total. The van der Waals surface area contributed by atoms with Crippen LogP contribution in [0.1, 0.15) is 11.1 Å². The lowest BCUT2D eigenvalue weighted by Gasteiger charge is -2.03. The monoisotopic (exact) mass is 288 g/mol. The highest BCUT2D eigenvalue weighted by atomic mass is 79.9. The van der Waals surface area contributed by atoms with Crippen molar-refractivity contribution in [1.82, 2.24) is 0 Å². The topological polar surface area (TPSA) is 49.8 Å². The molecule has 0 aromatic heterocycles. The Hall–Kier alpha value is -0.370. The van der Waals surface area contributed by atoms with E-state index in [1.165, 1.54) is 0 Å². The highest BCUT2D eigenvalue weighted by molar-refractivity contribution is 9.11. The molecule has 0 radical (unpaired) electrons. The summed E-state index contributed by atoms with van der Waals surface area (Å²) in [6, 6.07) is 5.73. The van der Waals surface area contributed by atoms with E-state index in [0.29, 0.717) is 12.1 Å². The number of rotatable bonds is 1. The van der Waals surface area contributed by atoms with Gasteiger partial charge in [0.05, 0.1) is 5.56 Å². The largest absolute Gasteiger partial charge is 0.326 e. The van der Waals surface area contributed by atoms with Gasteiger partial charge in [-0.2, -0.15) is 5.26 Å². The first kappa shape index (κ1) is 9.72. The quantitative estimate of drug-likeness (QED) is 0.864. The maximum absolute atomic E-state index is 8.72. The zero-order valence-electron chi connectivity index (χ0n) is 6.14. The van der Waals surface area contributed by atoms with Gasteiger partial charge in [-0.25, -0.2) is 0 Å². The molecule has 0 amide bonds. The Morgan fingerprint density at radius 3 is 2.58 bits per heavy atom. The zero-order chi connectivity index (χ0) is 9.14. The Balaban J connectivity index is 3.34. The minimum atomic E-state index is 0.425. The average Bonchev–Trinajstić information content (AvgIpc) is 2.08. The molecule has 1 rings (SSSR count). The third kappa shape index (κ3) is 1.86. The van der Waals surface area contributed by atoms with Gasteiger partial charge in [0.1, 0.15) is 6.07 Å². The van der Waals surface area contributed by atoms with Crippen LogP contribution in [0.25, 0.3) is 0 Å². The molecular weight excluding hydrogens is 284 g/mol. The Labute approximate surface area is 87.6 Å². The van der Waals surface area contributed by atoms with Gasteiger partial charge in [-0.15, -0.1) is 0 Å². The summed E-state index contributed by atoms with van der Waals surface area (Å²) in [5.41, 5.74) is 7.02. The first-order chi connectivity index (χ1) is 5.69. The van der Waals surface area contributed by atoms with Gasteiger partial charge >= 0.3 is 0 Å². The Morgan fingerprint density at radius 1 is 1.42 bits per heavy atom. The summed E-state index contributed by atoms with van der Waals surface area (Å²) in [6.45, 7) is 0.425. The molecule has 0 bridgehead atoms. The lowest BCUT2D eigenvalue weighted by atomic mass is 10.1.